The zero-order chi connectivity index (χ0) is 26.5. The standard InChI is InChI=1S/C27H27N3O7S/c1-34-14-12-30(38(32,33)25-8-2-5-21-6-3-11-28-27(21)25)18-26(31)29(17-22-7-4-13-35-22)16-20-9-10-23-24(15-20)37-19-36-23/h2-11,13,15H,12,14,16-19H2,1H3. The molecule has 38 heavy (non-hydrogen) atoms. The minimum atomic E-state index is -4.09. The number of nitrogens with zero attached hydrogens (tertiary/aromatic N) is 3. The van der Waals surface area contributed by atoms with Crippen LogP contribution < -0.4 is 9.47 Å². The summed E-state index contributed by atoms with van der Waals surface area (Å²) in [7, 11) is -2.61. The Kier molecular flexibility index (Phi) is 7.59. The molecule has 0 saturated heterocycles. The molecule has 0 spiro atoms. The van der Waals surface area contributed by atoms with Crippen molar-refractivity contribution in [1.29, 1.82) is 0 Å². The summed E-state index contributed by atoms with van der Waals surface area (Å²) in [6, 6.07) is 17.4. The Labute approximate surface area is 220 Å². The summed E-state index contributed by atoms with van der Waals surface area (Å²) in [5.74, 6) is 1.41. The third-order valence-corrected chi connectivity index (χ3v) is 8.04. The van der Waals surface area contributed by atoms with Gasteiger partial charge in [-0.15, -0.1) is 0 Å². The molecule has 10 nitrogen and oxygen atoms in total. The quantitative estimate of drug-likeness (QED) is 0.286. The summed E-state index contributed by atoms with van der Waals surface area (Å²) in [4.78, 5) is 19.6. The zero-order valence-electron chi connectivity index (χ0n) is 20.8. The highest BCUT2D eigenvalue weighted by molar-refractivity contribution is 7.89. The first-order valence-electron chi connectivity index (χ1n) is 12.0. The van der Waals surface area contributed by atoms with Gasteiger partial charge in [-0.2, -0.15) is 4.31 Å². The minimum absolute atomic E-state index is 0.00753. The number of carbonyl (C=O) groups excluding carboxylic acids is 1. The number of ether oxygens (including phenoxy) is 3. The van der Waals surface area contributed by atoms with E-state index in [2.05, 4.69) is 4.98 Å². The van der Waals surface area contributed by atoms with Gasteiger partial charge in [0.15, 0.2) is 11.5 Å². The van der Waals surface area contributed by atoms with Crippen LogP contribution in [-0.4, -0.2) is 62.1 Å². The van der Waals surface area contributed by atoms with Crippen molar-refractivity contribution in [2.75, 3.05) is 33.6 Å². The third kappa shape index (κ3) is 5.49. The summed E-state index contributed by atoms with van der Waals surface area (Å²) < 4.78 is 50.3. The second-order valence-electron chi connectivity index (χ2n) is 8.68. The summed E-state index contributed by atoms with van der Waals surface area (Å²) in [5.41, 5.74) is 1.15. The number of hydrogen-bond donors (Lipinski definition) is 0. The number of hydrogen-bond acceptors (Lipinski definition) is 8. The van der Waals surface area contributed by atoms with Gasteiger partial charge in [0.05, 0.1) is 31.5 Å². The van der Waals surface area contributed by atoms with Gasteiger partial charge in [-0.05, 0) is 42.0 Å². The normalized spacial score (nSPS) is 12.8. The molecule has 1 amide bonds. The average Bonchev–Trinajstić information content (AvgIpc) is 3.62. The largest absolute Gasteiger partial charge is 0.467 e. The number of furan rings is 1. The lowest BCUT2D eigenvalue weighted by molar-refractivity contribution is -0.133. The van der Waals surface area contributed by atoms with E-state index in [9.17, 15) is 13.2 Å². The van der Waals surface area contributed by atoms with Crippen molar-refractivity contribution >= 4 is 26.8 Å². The fourth-order valence-corrected chi connectivity index (χ4v) is 5.77. The Morgan fingerprint density at radius 2 is 1.87 bits per heavy atom. The van der Waals surface area contributed by atoms with Crippen molar-refractivity contribution in [2.24, 2.45) is 0 Å². The van der Waals surface area contributed by atoms with Crippen molar-refractivity contribution in [3.8, 4) is 11.5 Å². The van der Waals surface area contributed by atoms with Gasteiger partial charge in [0.1, 0.15) is 10.7 Å². The molecule has 3 heterocycles. The highest BCUT2D eigenvalue weighted by Crippen LogP contribution is 2.33. The summed E-state index contributed by atoms with van der Waals surface area (Å²) in [5, 5.41) is 0.689. The van der Waals surface area contributed by atoms with Crippen molar-refractivity contribution in [3.05, 3.63) is 84.4 Å². The molecular formula is C27H27N3O7S. The number of aromatic nitrogens is 1. The van der Waals surface area contributed by atoms with Gasteiger partial charge in [0, 0.05) is 31.8 Å². The predicted molar refractivity (Wildman–Crippen MR) is 138 cm³/mol. The van der Waals surface area contributed by atoms with Gasteiger partial charge in [0.2, 0.25) is 22.7 Å². The lowest BCUT2D eigenvalue weighted by Crippen LogP contribution is -2.43. The topological polar surface area (TPSA) is 111 Å². The van der Waals surface area contributed by atoms with E-state index in [-0.39, 0.29) is 44.5 Å². The monoisotopic (exact) mass is 537 g/mol. The van der Waals surface area contributed by atoms with Gasteiger partial charge in [0.25, 0.3) is 0 Å². The van der Waals surface area contributed by atoms with Gasteiger partial charge < -0.3 is 23.5 Å². The molecule has 2 aromatic heterocycles. The second kappa shape index (κ2) is 11.2. The first kappa shape index (κ1) is 25.7. The van der Waals surface area contributed by atoms with E-state index >= 15 is 0 Å². The first-order chi connectivity index (χ1) is 18.5. The Morgan fingerprint density at radius 1 is 1.03 bits per heavy atom. The first-order valence-corrected chi connectivity index (χ1v) is 13.4. The molecule has 0 unspecified atom stereocenters. The Morgan fingerprint density at radius 3 is 2.68 bits per heavy atom. The van der Waals surface area contributed by atoms with E-state index in [4.69, 9.17) is 18.6 Å². The fourth-order valence-electron chi connectivity index (χ4n) is 4.23. The molecule has 11 heteroatoms. The molecule has 0 aliphatic carbocycles. The molecule has 0 radical (unpaired) electrons. The molecule has 0 fully saturated rings. The fraction of sp³-hybridized carbons (Fsp3) is 0.259. The highest BCUT2D eigenvalue weighted by atomic mass is 32.2. The number of para-hydroxylation sites is 1. The maximum absolute atomic E-state index is 13.8. The summed E-state index contributed by atoms with van der Waals surface area (Å²) in [6.45, 7) is 0.235. The molecule has 0 bridgehead atoms. The van der Waals surface area contributed by atoms with E-state index in [1.165, 1.54) is 19.4 Å². The molecule has 5 rings (SSSR count). The molecule has 0 saturated carbocycles. The summed E-state index contributed by atoms with van der Waals surface area (Å²) >= 11 is 0. The maximum Gasteiger partial charge on any atom is 0.245 e. The second-order valence-corrected chi connectivity index (χ2v) is 10.6. The number of benzene rings is 2. The van der Waals surface area contributed by atoms with Crippen LogP contribution in [-0.2, 0) is 32.6 Å². The summed E-state index contributed by atoms with van der Waals surface area (Å²) in [6.07, 6.45) is 3.07. The molecule has 0 atom stereocenters. The van der Waals surface area contributed by atoms with E-state index in [1.54, 1.807) is 53.6 Å². The Hall–Kier alpha value is -3.93. The minimum Gasteiger partial charge on any atom is -0.467 e. The van der Waals surface area contributed by atoms with E-state index in [1.807, 2.05) is 12.1 Å². The number of fused-ring (bicyclic) bond motifs is 2. The van der Waals surface area contributed by atoms with Crippen LogP contribution in [0.4, 0.5) is 0 Å². The SMILES string of the molecule is COCCN(CC(=O)N(Cc1ccc2c(c1)OCO2)Cc1ccco1)S(=O)(=O)c1cccc2cccnc12. The number of amides is 1. The van der Waals surface area contributed by atoms with E-state index in [0.717, 1.165) is 9.87 Å². The lowest BCUT2D eigenvalue weighted by atomic mass is 10.2. The van der Waals surface area contributed by atoms with Crippen LogP contribution in [0.15, 0.2) is 82.4 Å². The lowest BCUT2D eigenvalue weighted by Gasteiger charge is -2.27. The number of methoxy groups -OCH3 is 1. The molecule has 4 aromatic rings. The van der Waals surface area contributed by atoms with Crippen molar-refractivity contribution in [1.82, 2.24) is 14.2 Å². The number of rotatable bonds is 11. The number of pyridine rings is 1. The average molecular weight is 538 g/mol. The van der Waals surface area contributed by atoms with Crippen LogP contribution in [0.2, 0.25) is 0 Å². The van der Waals surface area contributed by atoms with Crippen LogP contribution in [0.3, 0.4) is 0 Å². The molecule has 1 aliphatic rings. The van der Waals surface area contributed by atoms with Crippen LogP contribution in [0.5, 0.6) is 11.5 Å². The van der Waals surface area contributed by atoms with Crippen LogP contribution in [0.25, 0.3) is 10.9 Å². The Balaban J connectivity index is 1.44. The Bertz CT molecular complexity index is 1520. The molecular weight excluding hydrogens is 510 g/mol. The number of carbonyl (C=O) groups is 1. The van der Waals surface area contributed by atoms with Crippen molar-refractivity contribution in [3.63, 3.8) is 0 Å². The van der Waals surface area contributed by atoms with Gasteiger partial charge in [-0.3, -0.25) is 9.78 Å². The van der Waals surface area contributed by atoms with E-state index < -0.39 is 15.9 Å². The van der Waals surface area contributed by atoms with Crippen molar-refractivity contribution < 1.29 is 31.8 Å². The molecule has 1 aliphatic heterocycles. The molecule has 0 N–H and O–H groups in total. The third-order valence-electron chi connectivity index (χ3n) is 6.16. The highest BCUT2D eigenvalue weighted by Gasteiger charge is 2.30. The molecule has 2 aromatic carbocycles. The number of sulfonamides is 1. The zero-order valence-corrected chi connectivity index (χ0v) is 21.6. The van der Waals surface area contributed by atoms with Crippen LogP contribution in [0, 0.1) is 0 Å². The van der Waals surface area contributed by atoms with Crippen molar-refractivity contribution in [2.45, 2.75) is 18.0 Å². The van der Waals surface area contributed by atoms with Gasteiger partial charge >= 0.3 is 0 Å². The van der Waals surface area contributed by atoms with Gasteiger partial charge in [-0.1, -0.05) is 24.3 Å². The molecule has 198 valence electrons. The van der Waals surface area contributed by atoms with E-state index in [0.29, 0.717) is 28.2 Å². The smallest absolute Gasteiger partial charge is 0.245 e. The predicted octanol–water partition coefficient (Wildman–Crippen LogP) is 3.42. The van der Waals surface area contributed by atoms with Crippen LogP contribution >= 0.6 is 0 Å². The maximum atomic E-state index is 13.8. The van der Waals surface area contributed by atoms with Crippen LogP contribution in [0.1, 0.15) is 11.3 Å². The van der Waals surface area contributed by atoms with Gasteiger partial charge in [-0.25, -0.2) is 8.42 Å².